The maximum atomic E-state index is 6.58. The predicted octanol–water partition coefficient (Wildman–Crippen LogP) is 4.31. The molecule has 1 aromatic heterocycles. The van der Waals surface area contributed by atoms with Crippen LogP contribution in [0.2, 0.25) is 5.02 Å². The molecule has 2 aromatic carbocycles. The molecule has 3 heterocycles. The second kappa shape index (κ2) is 6.49. The van der Waals surface area contributed by atoms with Gasteiger partial charge in [0.2, 0.25) is 0 Å². The average Bonchev–Trinajstić information content (AvgIpc) is 3.37. The zero-order chi connectivity index (χ0) is 19.5. The molecule has 2 atom stereocenters. The van der Waals surface area contributed by atoms with Gasteiger partial charge in [0.25, 0.3) is 0 Å². The molecule has 6 rings (SSSR count). The number of ether oxygens (including phenoxy) is 1. The van der Waals surface area contributed by atoms with Crippen molar-refractivity contribution in [3.63, 3.8) is 0 Å². The normalized spacial score (nSPS) is 22.6. The van der Waals surface area contributed by atoms with E-state index in [2.05, 4.69) is 34.1 Å². The Morgan fingerprint density at radius 1 is 1.03 bits per heavy atom. The fourth-order valence-corrected chi connectivity index (χ4v) is 5.34. The summed E-state index contributed by atoms with van der Waals surface area (Å²) in [5.41, 5.74) is 3.53. The van der Waals surface area contributed by atoms with Gasteiger partial charge in [0.1, 0.15) is 5.82 Å². The number of benzene rings is 2. The van der Waals surface area contributed by atoms with Crippen molar-refractivity contribution in [1.82, 2.24) is 9.97 Å². The first-order valence-electron chi connectivity index (χ1n) is 10.3. The van der Waals surface area contributed by atoms with Gasteiger partial charge >= 0.3 is 6.01 Å². The summed E-state index contributed by atoms with van der Waals surface area (Å²) < 4.78 is 5.46. The van der Waals surface area contributed by atoms with E-state index in [0.29, 0.717) is 6.01 Å². The highest BCUT2D eigenvalue weighted by Crippen LogP contribution is 2.47. The van der Waals surface area contributed by atoms with Crippen LogP contribution in [0.5, 0.6) is 6.01 Å². The monoisotopic (exact) mass is 406 g/mol. The molecule has 1 saturated heterocycles. The third kappa shape index (κ3) is 2.83. The van der Waals surface area contributed by atoms with E-state index >= 15 is 0 Å². The number of fused-ring (bicyclic) bond motifs is 3. The largest absolute Gasteiger partial charge is 0.467 e. The highest BCUT2D eigenvalue weighted by atomic mass is 35.5. The molecule has 0 bridgehead atoms. The van der Waals surface area contributed by atoms with Crippen molar-refractivity contribution in [3.05, 3.63) is 52.7 Å². The minimum absolute atomic E-state index is 0.470. The molecule has 1 aliphatic carbocycles. The van der Waals surface area contributed by atoms with Crippen LogP contribution < -0.4 is 14.5 Å². The molecule has 0 radical (unpaired) electrons. The summed E-state index contributed by atoms with van der Waals surface area (Å²) in [5.74, 6) is 2.82. The van der Waals surface area contributed by atoms with Crippen LogP contribution in [0.25, 0.3) is 10.8 Å². The fraction of sp³-hybridized carbons (Fsp3) is 0.391. The first-order chi connectivity index (χ1) is 14.2. The lowest BCUT2D eigenvalue weighted by Gasteiger charge is -2.33. The van der Waals surface area contributed by atoms with E-state index in [4.69, 9.17) is 26.3 Å². The van der Waals surface area contributed by atoms with Gasteiger partial charge in [0, 0.05) is 36.3 Å². The molecule has 29 heavy (non-hydrogen) atoms. The van der Waals surface area contributed by atoms with Gasteiger partial charge in [0.15, 0.2) is 0 Å². The van der Waals surface area contributed by atoms with Gasteiger partial charge in [0.05, 0.1) is 24.4 Å². The zero-order valence-electron chi connectivity index (χ0n) is 16.4. The number of piperidine rings is 1. The van der Waals surface area contributed by atoms with Crippen molar-refractivity contribution >= 4 is 33.9 Å². The second-order valence-corrected chi connectivity index (χ2v) is 8.81. The molecule has 0 N–H and O–H groups in total. The number of anilines is 2. The minimum Gasteiger partial charge on any atom is -0.467 e. The standard InChI is InChI=1S/C23H23ClN4O/c1-29-23-25-19-13-27(20-7-3-5-14-4-2-6-18(24)21(14)20)9-8-17(19)22(26-23)28-11-15-10-16(15)12-28/h2-7,15-16H,8-13H2,1H3. The third-order valence-electron chi connectivity index (χ3n) is 6.66. The number of nitrogens with zero attached hydrogens (tertiary/aromatic N) is 4. The Bertz CT molecular complexity index is 1100. The molecule has 2 aliphatic heterocycles. The van der Waals surface area contributed by atoms with E-state index in [-0.39, 0.29) is 0 Å². The number of hydrogen-bond acceptors (Lipinski definition) is 5. The van der Waals surface area contributed by atoms with Gasteiger partial charge < -0.3 is 14.5 Å². The van der Waals surface area contributed by atoms with Gasteiger partial charge in [-0.15, -0.1) is 0 Å². The topological polar surface area (TPSA) is 41.5 Å². The van der Waals surface area contributed by atoms with E-state index in [1.807, 2.05) is 12.1 Å². The summed E-state index contributed by atoms with van der Waals surface area (Å²) >= 11 is 6.58. The van der Waals surface area contributed by atoms with Crippen molar-refractivity contribution in [2.24, 2.45) is 11.8 Å². The van der Waals surface area contributed by atoms with Gasteiger partial charge in [-0.1, -0.05) is 35.9 Å². The Morgan fingerprint density at radius 2 is 1.83 bits per heavy atom. The lowest BCUT2D eigenvalue weighted by Crippen LogP contribution is -2.34. The molecule has 3 aromatic rings. The number of methoxy groups -OCH3 is 1. The lowest BCUT2D eigenvalue weighted by atomic mass is 10.0. The Hall–Kier alpha value is -2.53. The van der Waals surface area contributed by atoms with Crippen molar-refractivity contribution in [3.8, 4) is 6.01 Å². The number of halogens is 1. The lowest BCUT2D eigenvalue weighted by molar-refractivity contribution is 0.376. The Kier molecular flexibility index (Phi) is 3.88. The molecule has 0 spiro atoms. The maximum absolute atomic E-state index is 6.58. The van der Waals surface area contributed by atoms with E-state index < -0.39 is 0 Å². The van der Waals surface area contributed by atoms with E-state index in [1.165, 1.54) is 17.7 Å². The number of aromatic nitrogens is 2. The van der Waals surface area contributed by atoms with Crippen LogP contribution in [0.1, 0.15) is 17.7 Å². The van der Waals surface area contributed by atoms with Crippen molar-refractivity contribution in [2.45, 2.75) is 19.4 Å². The van der Waals surface area contributed by atoms with Gasteiger partial charge in [-0.25, -0.2) is 0 Å². The Balaban J connectivity index is 1.40. The molecule has 2 unspecified atom stereocenters. The Labute approximate surface area is 175 Å². The molecular weight excluding hydrogens is 384 g/mol. The predicted molar refractivity (Wildman–Crippen MR) is 116 cm³/mol. The van der Waals surface area contributed by atoms with E-state index in [0.717, 1.165) is 71.7 Å². The summed E-state index contributed by atoms with van der Waals surface area (Å²) in [6.07, 6.45) is 2.32. The second-order valence-electron chi connectivity index (χ2n) is 8.41. The highest BCUT2D eigenvalue weighted by Gasteiger charge is 2.46. The van der Waals surface area contributed by atoms with Crippen molar-refractivity contribution in [2.75, 3.05) is 36.5 Å². The summed E-state index contributed by atoms with van der Waals surface area (Å²) in [5, 5.41) is 3.07. The number of hydrogen-bond donors (Lipinski definition) is 0. The molecule has 1 saturated carbocycles. The smallest absolute Gasteiger partial charge is 0.318 e. The molecule has 5 nitrogen and oxygen atoms in total. The quantitative estimate of drug-likeness (QED) is 0.648. The molecule has 148 valence electrons. The summed E-state index contributed by atoms with van der Waals surface area (Å²) in [6.45, 7) is 3.92. The molecule has 0 amide bonds. The zero-order valence-corrected chi connectivity index (χ0v) is 17.2. The van der Waals surface area contributed by atoms with Crippen LogP contribution in [0.4, 0.5) is 11.5 Å². The van der Waals surface area contributed by atoms with Gasteiger partial charge in [-0.2, -0.15) is 9.97 Å². The summed E-state index contributed by atoms with van der Waals surface area (Å²) in [7, 11) is 1.65. The van der Waals surface area contributed by atoms with Gasteiger partial charge in [-0.05, 0) is 42.2 Å². The van der Waals surface area contributed by atoms with Crippen LogP contribution in [0.15, 0.2) is 36.4 Å². The fourth-order valence-electron chi connectivity index (χ4n) is 5.06. The highest BCUT2D eigenvalue weighted by molar-refractivity contribution is 6.36. The van der Waals surface area contributed by atoms with Crippen LogP contribution in [-0.2, 0) is 13.0 Å². The molecule has 3 aliphatic rings. The van der Waals surface area contributed by atoms with Crippen LogP contribution >= 0.6 is 11.6 Å². The van der Waals surface area contributed by atoms with E-state index in [1.54, 1.807) is 7.11 Å². The van der Waals surface area contributed by atoms with Crippen molar-refractivity contribution in [1.29, 1.82) is 0 Å². The summed E-state index contributed by atoms with van der Waals surface area (Å²) in [4.78, 5) is 14.3. The van der Waals surface area contributed by atoms with Gasteiger partial charge in [-0.3, -0.25) is 0 Å². The first-order valence-corrected chi connectivity index (χ1v) is 10.7. The Morgan fingerprint density at radius 3 is 2.62 bits per heavy atom. The third-order valence-corrected chi connectivity index (χ3v) is 6.97. The average molecular weight is 407 g/mol. The SMILES string of the molecule is COc1nc2c(c(N3CC4CC4C3)n1)CCN(c1cccc3cccc(Cl)c13)C2. The van der Waals surface area contributed by atoms with Crippen LogP contribution in [-0.4, -0.2) is 36.7 Å². The summed E-state index contributed by atoms with van der Waals surface area (Å²) in [6, 6.07) is 12.9. The molecular formula is C23H23ClN4O. The van der Waals surface area contributed by atoms with Crippen LogP contribution in [0.3, 0.4) is 0 Å². The molecule has 2 fully saturated rings. The molecule has 6 heteroatoms. The number of rotatable bonds is 3. The van der Waals surface area contributed by atoms with Crippen LogP contribution in [0, 0.1) is 11.8 Å². The first kappa shape index (κ1) is 17.3. The van der Waals surface area contributed by atoms with Crippen molar-refractivity contribution < 1.29 is 4.74 Å². The van der Waals surface area contributed by atoms with E-state index in [9.17, 15) is 0 Å². The minimum atomic E-state index is 0.470. The maximum Gasteiger partial charge on any atom is 0.318 e.